The van der Waals surface area contributed by atoms with Gasteiger partial charge in [-0.1, -0.05) is 17.7 Å². The van der Waals surface area contributed by atoms with Gasteiger partial charge in [0.05, 0.1) is 16.6 Å². The zero-order valence-corrected chi connectivity index (χ0v) is 12.6. The van der Waals surface area contributed by atoms with Crippen molar-refractivity contribution in [3.8, 4) is 0 Å². The van der Waals surface area contributed by atoms with Crippen molar-refractivity contribution in [2.75, 3.05) is 5.32 Å². The van der Waals surface area contributed by atoms with Gasteiger partial charge in [-0.25, -0.2) is 4.79 Å². The molecule has 0 unspecified atom stereocenters. The van der Waals surface area contributed by atoms with Gasteiger partial charge in [0.2, 0.25) is 0 Å². The number of hydrogen-bond donors (Lipinski definition) is 3. The maximum absolute atomic E-state index is 11.9. The van der Waals surface area contributed by atoms with Crippen LogP contribution < -0.4 is 10.6 Å². The quantitative estimate of drug-likeness (QED) is 0.800. The predicted molar refractivity (Wildman–Crippen MR) is 81.7 cm³/mol. The molecule has 1 fully saturated rings. The molecule has 1 aromatic rings. The Balaban J connectivity index is 1.84. The van der Waals surface area contributed by atoms with Crippen LogP contribution >= 0.6 is 11.6 Å². The first kappa shape index (κ1) is 15.6. The van der Waals surface area contributed by atoms with Crippen LogP contribution in [0.15, 0.2) is 18.2 Å². The van der Waals surface area contributed by atoms with Crippen molar-refractivity contribution in [3.63, 3.8) is 0 Å². The first-order valence-corrected chi connectivity index (χ1v) is 7.40. The van der Waals surface area contributed by atoms with Gasteiger partial charge in [0.15, 0.2) is 0 Å². The Morgan fingerprint density at radius 1 is 1.24 bits per heavy atom. The van der Waals surface area contributed by atoms with E-state index < -0.39 is 5.97 Å². The molecule has 1 aliphatic carbocycles. The lowest BCUT2D eigenvalue weighted by Crippen LogP contribution is -2.41. The number of aryl methyl sites for hydroxylation is 1. The smallest absolute Gasteiger partial charge is 0.319 e. The predicted octanol–water partition coefficient (Wildman–Crippen LogP) is 3.41. The number of anilines is 1. The highest BCUT2D eigenvalue weighted by molar-refractivity contribution is 6.33. The van der Waals surface area contributed by atoms with Gasteiger partial charge in [0.1, 0.15) is 0 Å². The Hall–Kier alpha value is -1.75. The molecule has 114 valence electrons. The summed E-state index contributed by atoms with van der Waals surface area (Å²) >= 11 is 6.06. The highest BCUT2D eigenvalue weighted by Gasteiger charge is 2.26. The topological polar surface area (TPSA) is 78.4 Å². The SMILES string of the molecule is Cc1ccc(NC(=O)NC2CCC(C(=O)O)CC2)c(Cl)c1. The molecule has 0 aliphatic heterocycles. The fourth-order valence-electron chi connectivity index (χ4n) is 2.55. The van der Waals surface area contributed by atoms with E-state index in [4.69, 9.17) is 16.7 Å². The second-order valence-electron chi connectivity index (χ2n) is 5.47. The van der Waals surface area contributed by atoms with Gasteiger partial charge in [-0.15, -0.1) is 0 Å². The Kier molecular flexibility index (Phi) is 5.07. The van der Waals surface area contributed by atoms with Gasteiger partial charge in [-0.3, -0.25) is 4.79 Å². The molecule has 6 heteroatoms. The van der Waals surface area contributed by atoms with E-state index in [1.165, 1.54) is 0 Å². The molecular formula is C15H19ClN2O3. The fraction of sp³-hybridized carbons (Fsp3) is 0.467. The molecule has 2 rings (SSSR count). The minimum Gasteiger partial charge on any atom is -0.481 e. The summed E-state index contributed by atoms with van der Waals surface area (Å²) in [5, 5.41) is 15.0. The number of nitrogens with one attached hydrogen (secondary N) is 2. The number of benzene rings is 1. The zero-order chi connectivity index (χ0) is 15.4. The lowest BCUT2D eigenvalue weighted by molar-refractivity contribution is -0.142. The molecule has 21 heavy (non-hydrogen) atoms. The molecule has 0 aromatic heterocycles. The number of aliphatic carboxylic acids is 1. The fourth-order valence-corrected chi connectivity index (χ4v) is 2.83. The minimum absolute atomic E-state index is 0.0184. The van der Waals surface area contributed by atoms with Crippen molar-refractivity contribution in [2.24, 2.45) is 5.92 Å². The number of hydrogen-bond acceptors (Lipinski definition) is 2. The number of halogens is 1. The number of urea groups is 1. The zero-order valence-electron chi connectivity index (χ0n) is 11.9. The summed E-state index contributed by atoms with van der Waals surface area (Å²) in [6.07, 6.45) is 2.58. The molecule has 0 heterocycles. The summed E-state index contributed by atoms with van der Waals surface area (Å²) in [7, 11) is 0. The van der Waals surface area contributed by atoms with Gasteiger partial charge in [-0.05, 0) is 50.3 Å². The standard InChI is InChI=1S/C15H19ClN2O3/c1-9-2-7-13(12(16)8-9)18-15(21)17-11-5-3-10(4-6-11)14(19)20/h2,7-8,10-11H,3-6H2,1H3,(H,19,20)(H2,17,18,21). The second kappa shape index (κ2) is 6.80. The summed E-state index contributed by atoms with van der Waals surface area (Å²) < 4.78 is 0. The van der Waals surface area contributed by atoms with Gasteiger partial charge >= 0.3 is 12.0 Å². The van der Waals surface area contributed by atoms with E-state index in [1.807, 2.05) is 13.0 Å². The lowest BCUT2D eigenvalue weighted by Gasteiger charge is -2.26. The summed E-state index contributed by atoms with van der Waals surface area (Å²) in [5.74, 6) is -1.03. The minimum atomic E-state index is -0.746. The molecule has 3 N–H and O–H groups in total. The van der Waals surface area contributed by atoms with Gasteiger partial charge in [0, 0.05) is 6.04 Å². The monoisotopic (exact) mass is 310 g/mol. The van der Waals surface area contributed by atoms with Crippen LogP contribution in [0.3, 0.4) is 0 Å². The van der Waals surface area contributed by atoms with E-state index in [1.54, 1.807) is 12.1 Å². The van der Waals surface area contributed by atoms with Crippen molar-refractivity contribution < 1.29 is 14.7 Å². The van der Waals surface area contributed by atoms with Crippen molar-refractivity contribution in [1.29, 1.82) is 0 Å². The molecular weight excluding hydrogens is 292 g/mol. The van der Waals surface area contributed by atoms with E-state index in [-0.39, 0.29) is 18.0 Å². The lowest BCUT2D eigenvalue weighted by atomic mass is 9.86. The number of rotatable bonds is 3. The van der Waals surface area contributed by atoms with Crippen LogP contribution in [0.1, 0.15) is 31.2 Å². The maximum atomic E-state index is 11.9. The molecule has 1 aromatic carbocycles. The number of carbonyl (C=O) groups excluding carboxylic acids is 1. The number of carbonyl (C=O) groups is 2. The highest BCUT2D eigenvalue weighted by atomic mass is 35.5. The molecule has 0 saturated heterocycles. The first-order valence-electron chi connectivity index (χ1n) is 7.02. The third-order valence-corrected chi connectivity index (χ3v) is 4.10. The third kappa shape index (κ3) is 4.36. The van der Waals surface area contributed by atoms with Gasteiger partial charge in [0.25, 0.3) is 0 Å². The highest BCUT2D eigenvalue weighted by Crippen LogP contribution is 2.25. The number of carboxylic acid groups (broad SMARTS) is 1. The van der Waals surface area contributed by atoms with E-state index in [0.717, 1.165) is 5.56 Å². The normalized spacial score (nSPS) is 21.6. The number of carboxylic acids is 1. The van der Waals surface area contributed by atoms with Crippen LogP contribution in [0, 0.1) is 12.8 Å². The van der Waals surface area contributed by atoms with E-state index in [0.29, 0.717) is 36.4 Å². The van der Waals surface area contributed by atoms with Crippen LogP contribution in [-0.2, 0) is 4.79 Å². The average molecular weight is 311 g/mol. The molecule has 0 atom stereocenters. The first-order chi connectivity index (χ1) is 9.95. The van der Waals surface area contributed by atoms with E-state index >= 15 is 0 Å². The van der Waals surface area contributed by atoms with Crippen LogP contribution in [-0.4, -0.2) is 23.1 Å². The largest absolute Gasteiger partial charge is 0.481 e. The average Bonchev–Trinajstić information content (AvgIpc) is 2.42. The summed E-state index contributed by atoms with van der Waals surface area (Å²) in [6.45, 7) is 1.93. The van der Waals surface area contributed by atoms with Crippen molar-refractivity contribution >= 4 is 29.3 Å². The Labute approximate surface area is 128 Å². The van der Waals surface area contributed by atoms with Crippen molar-refractivity contribution in [3.05, 3.63) is 28.8 Å². The van der Waals surface area contributed by atoms with E-state index in [2.05, 4.69) is 10.6 Å². The summed E-state index contributed by atoms with van der Waals surface area (Å²) in [4.78, 5) is 22.8. The molecule has 0 bridgehead atoms. The molecule has 1 saturated carbocycles. The maximum Gasteiger partial charge on any atom is 0.319 e. The van der Waals surface area contributed by atoms with E-state index in [9.17, 15) is 9.59 Å². The number of amides is 2. The molecule has 2 amide bonds. The van der Waals surface area contributed by atoms with Gasteiger partial charge < -0.3 is 15.7 Å². The summed E-state index contributed by atoms with van der Waals surface area (Å²) in [5.41, 5.74) is 1.59. The Morgan fingerprint density at radius 3 is 2.48 bits per heavy atom. The third-order valence-electron chi connectivity index (χ3n) is 3.78. The van der Waals surface area contributed by atoms with Crippen LogP contribution in [0.4, 0.5) is 10.5 Å². The van der Waals surface area contributed by atoms with Crippen molar-refractivity contribution in [2.45, 2.75) is 38.6 Å². The Morgan fingerprint density at radius 2 is 1.90 bits per heavy atom. The molecule has 0 radical (unpaired) electrons. The van der Waals surface area contributed by atoms with Crippen LogP contribution in [0.2, 0.25) is 5.02 Å². The van der Waals surface area contributed by atoms with Crippen LogP contribution in [0.5, 0.6) is 0 Å². The second-order valence-corrected chi connectivity index (χ2v) is 5.88. The Bertz CT molecular complexity index is 540. The molecule has 0 spiro atoms. The van der Waals surface area contributed by atoms with Gasteiger partial charge in [-0.2, -0.15) is 0 Å². The molecule has 5 nitrogen and oxygen atoms in total. The van der Waals surface area contributed by atoms with Crippen molar-refractivity contribution in [1.82, 2.24) is 5.32 Å². The molecule has 1 aliphatic rings. The summed E-state index contributed by atoms with van der Waals surface area (Å²) in [6, 6.07) is 5.14. The van der Waals surface area contributed by atoms with Crippen LogP contribution in [0.25, 0.3) is 0 Å².